The summed E-state index contributed by atoms with van der Waals surface area (Å²) >= 11 is 3.00. The van der Waals surface area contributed by atoms with E-state index in [0.717, 1.165) is 26.6 Å². The van der Waals surface area contributed by atoms with Crippen molar-refractivity contribution in [3.8, 4) is 11.5 Å². The molecule has 148 valence electrons. The summed E-state index contributed by atoms with van der Waals surface area (Å²) in [4.78, 5) is 18.2. The lowest BCUT2D eigenvalue weighted by atomic mass is 10.3. The maximum absolute atomic E-state index is 12.9. The Morgan fingerprint density at radius 3 is 2.50 bits per heavy atom. The van der Waals surface area contributed by atoms with Crippen LogP contribution in [0.1, 0.15) is 12.8 Å². The molecule has 0 spiro atoms. The van der Waals surface area contributed by atoms with Gasteiger partial charge in [0.15, 0.2) is 4.80 Å². The molecule has 1 aromatic heterocycles. The SMILES string of the molecule is COc1ccc(OC)c2c1sc(=NC(=O)CCCSc1ccc(F)cc1)n2C. The van der Waals surface area contributed by atoms with E-state index in [1.807, 2.05) is 23.7 Å². The normalized spacial score (nSPS) is 11.8. The van der Waals surface area contributed by atoms with Gasteiger partial charge in [0, 0.05) is 18.4 Å². The Labute approximate surface area is 170 Å². The third-order valence-corrected chi connectivity index (χ3v) is 6.40. The first-order valence-electron chi connectivity index (χ1n) is 8.70. The van der Waals surface area contributed by atoms with Crippen LogP contribution in [0.2, 0.25) is 0 Å². The summed E-state index contributed by atoms with van der Waals surface area (Å²) in [5, 5.41) is 0. The standard InChI is InChI=1S/C20H21FN2O3S2/c1-23-18-15(25-2)10-11-16(26-3)19(18)28-20(23)22-17(24)5-4-12-27-14-8-6-13(21)7-9-14/h6-11H,4-5,12H2,1-3H3. The van der Waals surface area contributed by atoms with E-state index in [1.54, 1.807) is 38.1 Å². The van der Waals surface area contributed by atoms with Crippen LogP contribution in [0, 0.1) is 5.82 Å². The Kier molecular flexibility index (Phi) is 6.74. The van der Waals surface area contributed by atoms with Gasteiger partial charge in [-0.3, -0.25) is 4.79 Å². The molecule has 8 heteroatoms. The third kappa shape index (κ3) is 4.56. The number of fused-ring (bicyclic) bond motifs is 1. The molecule has 0 N–H and O–H groups in total. The Balaban J connectivity index is 1.70. The highest BCUT2D eigenvalue weighted by Gasteiger charge is 2.14. The number of amides is 1. The van der Waals surface area contributed by atoms with Gasteiger partial charge in [-0.15, -0.1) is 11.8 Å². The van der Waals surface area contributed by atoms with Gasteiger partial charge in [0.25, 0.3) is 0 Å². The highest BCUT2D eigenvalue weighted by Crippen LogP contribution is 2.34. The fourth-order valence-corrected chi connectivity index (χ4v) is 4.73. The van der Waals surface area contributed by atoms with Crippen LogP contribution in [0.5, 0.6) is 11.5 Å². The molecule has 0 bridgehead atoms. The number of thiazole rings is 1. The maximum Gasteiger partial charge on any atom is 0.248 e. The quantitative estimate of drug-likeness (QED) is 0.420. The van der Waals surface area contributed by atoms with Crippen LogP contribution in [0.25, 0.3) is 10.2 Å². The van der Waals surface area contributed by atoms with E-state index in [0.29, 0.717) is 23.4 Å². The number of rotatable bonds is 7. The van der Waals surface area contributed by atoms with Gasteiger partial charge in [0.05, 0.1) is 14.2 Å². The lowest BCUT2D eigenvalue weighted by Gasteiger charge is -2.06. The number of carbonyl (C=O) groups excluding carboxylic acids is 1. The molecule has 0 radical (unpaired) electrons. The van der Waals surface area contributed by atoms with Gasteiger partial charge in [0.1, 0.15) is 27.5 Å². The van der Waals surface area contributed by atoms with Crippen molar-refractivity contribution in [1.82, 2.24) is 4.57 Å². The molecule has 0 aliphatic rings. The van der Waals surface area contributed by atoms with Crippen molar-refractivity contribution in [3.05, 3.63) is 47.0 Å². The second-order valence-electron chi connectivity index (χ2n) is 6.00. The van der Waals surface area contributed by atoms with E-state index < -0.39 is 0 Å². The number of nitrogens with zero attached hydrogens (tertiary/aromatic N) is 2. The van der Waals surface area contributed by atoms with Crippen molar-refractivity contribution in [2.45, 2.75) is 17.7 Å². The van der Waals surface area contributed by atoms with E-state index in [9.17, 15) is 9.18 Å². The molecule has 5 nitrogen and oxygen atoms in total. The minimum atomic E-state index is -0.247. The Morgan fingerprint density at radius 2 is 1.82 bits per heavy atom. The summed E-state index contributed by atoms with van der Waals surface area (Å²) in [6.07, 6.45) is 1.06. The Morgan fingerprint density at radius 1 is 1.14 bits per heavy atom. The van der Waals surface area contributed by atoms with Crippen molar-refractivity contribution in [2.24, 2.45) is 12.0 Å². The van der Waals surface area contributed by atoms with E-state index in [2.05, 4.69) is 4.99 Å². The molecule has 0 aliphatic carbocycles. The van der Waals surface area contributed by atoms with E-state index in [1.165, 1.54) is 23.5 Å². The average Bonchev–Trinajstić information content (AvgIpc) is 3.02. The van der Waals surface area contributed by atoms with E-state index in [-0.39, 0.29) is 11.7 Å². The lowest BCUT2D eigenvalue weighted by Crippen LogP contribution is -2.13. The molecule has 0 saturated carbocycles. The number of ether oxygens (including phenoxy) is 2. The zero-order valence-corrected chi connectivity index (χ0v) is 17.5. The van der Waals surface area contributed by atoms with Crippen LogP contribution < -0.4 is 14.3 Å². The second-order valence-corrected chi connectivity index (χ2v) is 8.15. The molecular formula is C20H21FN2O3S2. The predicted molar refractivity (Wildman–Crippen MR) is 111 cm³/mol. The van der Waals surface area contributed by atoms with Crippen molar-refractivity contribution in [2.75, 3.05) is 20.0 Å². The smallest absolute Gasteiger partial charge is 0.248 e. The molecule has 3 rings (SSSR count). The highest BCUT2D eigenvalue weighted by atomic mass is 32.2. The van der Waals surface area contributed by atoms with Gasteiger partial charge in [-0.2, -0.15) is 4.99 Å². The first-order valence-corrected chi connectivity index (χ1v) is 10.5. The number of hydrogen-bond acceptors (Lipinski definition) is 5. The highest BCUT2D eigenvalue weighted by molar-refractivity contribution is 7.99. The van der Waals surface area contributed by atoms with E-state index >= 15 is 0 Å². The largest absolute Gasteiger partial charge is 0.495 e. The van der Waals surface area contributed by atoms with Gasteiger partial charge in [-0.25, -0.2) is 4.39 Å². The van der Waals surface area contributed by atoms with E-state index in [4.69, 9.17) is 9.47 Å². The number of hydrogen-bond donors (Lipinski definition) is 0. The first kappa shape index (κ1) is 20.4. The topological polar surface area (TPSA) is 52.8 Å². The van der Waals surface area contributed by atoms with Crippen LogP contribution in [0.15, 0.2) is 46.3 Å². The van der Waals surface area contributed by atoms with Gasteiger partial charge < -0.3 is 14.0 Å². The van der Waals surface area contributed by atoms with Crippen molar-refractivity contribution < 1.29 is 18.7 Å². The zero-order chi connectivity index (χ0) is 20.1. The van der Waals surface area contributed by atoms with Crippen LogP contribution in [-0.2, 0) is 11.8 Å². The number of carbonyl (C=O) groups is 1. The van der Waals surface area contributed by atoms with Crippen molar-refractivity contribution in [3.63, 3.8) is 0 Å². The Hall–Kier alpha value is -2.32. The minimum absolute atomic E-state index is 0.167. The van der Waals surface area contributed by atoms with Gasteiger partial charge in [0.2, 0.25) is 5.91 Å². The number of thioether (sulfide) groups is 1. The predicted octanol–water partition coefficient (Wildman–Crippen LogP) is 4.40. The molecular weight excluding hydrogens is 399 g/mol. The Bertz CT molecular complexity index is 1040. The number of methoxy groups -OCH3 is 2. The third-order valence-electron chi connectivity index (χ3n) is 4.15. The van der Waals surface area contributed by atoms with Crippen LogP contribution in [0.3, 0.4) is 0 Å². The van der Waals surface area contributed by atoms with Crippen LogP contribution in [-0.4, -0.2) is 30.4 Å². The maximum atomic E-state index is 12.9. The van der Waals surface area contributed by atoms with Gasteiger partial charge in [-0.05, 0) is 48.6 Å². The molecule has 0 saturated heterocycles. The summed E-state index contributed by atoms with van der Waals surface area (Å²) in [5.41, 5.74) is 0.852. The van der Waals surface area contributed by atoms with Crippen molar-refractivity contribution >= 4 is 39.2 Å². The monoisotopic (exact) mass is 420 g/mol. The second kappa shape index (κ2) is 9.25. The van der Waals surface area contributed by atoms with Crippen LogP contribution in [0.4, 0.5) is 4.39 Å². The molecule has 2 aromatic carbocycles. The summed E-state index contributed by atoms with van der Waals surface area (Å²) in [6.45, 7) is 0. The molecule has 0 unspecified atom stereocenters. The number of aryl methyl sites for hydroxylation is 1. The fourth-order valence-electron chi connectivity index (χ4n) is 2.74. The summed E-state index contributed by atoms with van der Waals surface area (Å²) in [5.74, 6) is 1.79. The summed E-state index contributed by atoms with van der Waals surface area (Å²) < 4.78 is 26.5. The van der Waals surface area contributed by atoms with Crippen molar-refractivity contribution in [1.29, 1.82) is 0 Å². The lowest BCUT2D eigenvalue weighted by molar-refractivity contribution is -0.118. The van der Waals surface area contributed by atoms with Crippen LogP contribution >= 0.6 is 23.1 Å². The summed E-state index contributed by atoms with van der Waals surface area (Å²) in [6, 6.07) is 10.0. The zero-order valence-electron chi connectivity index (χ0n) is 15.9. The molecule has 0 atom stereocenters. The molecule has 1 amide bonds. The van der Waals surface area contributed by atoms with Gasteiger partial charge >= 0.3 is 0 Å². The molecule has 0 aliphatic heterocycles. The molecule has 3 aromatic rings. The number of halogens is 1. The minimum Gasteiger partial charge on any atom is -0.495 e. The fraction of sp³-hybridized carbons (Fsp3) is 0.300. The summed E-state index contributed by atoms with van der Waals surface area (Å²) in [7, 11) is 5.08. The molecule has 28 heavy (non-hydrogen) atoms. The molecule has 0 fully saturated rings. The number of aromatic nitrogens is 1. The molecule has 1 heterocycles. The first-order chi connectivity index (χ1) is 13.5. The number of benzene rings is 2. The van der Waals surface area contributed by atoms with Gasteiger partial charge in [-0.1, -0.05) is 11.3 Å². The average molecular weight is 421 g/mol.